The molecule has 0 aliphatic heterocycles. The Morgan fingerprint density at radius 3 is 2.38 bits per heavy atom. The third-order valence-corrected chi connectivity index (χ3v) is 2.98. The smallest absolute Gasteiger partial charge is 0.127 e. The average Bonchev–Trinajstić information content (AvgIpc) is 2.29. The zero-order valence-corrected chi connectivity index (χ0v) is 10.1. The Morgan fingerprint density at radius 1 is 1.38 bits per heavy atom. The second kappa shape index (κ2) is 5.01. The molecule has 0 fully saturated rings. The third kappa shape index (κ3) is 2.99. The van der Waals surface area contributed by atoms with Gasteiger partial charge < -0.3 is 14.8 Å². The molecule has 1 unspecified atom stereocenters. The lowest BCUT2D eigenvalue weighted by Crippen LogP contribution is -2.34. The minimum absolute atomic E-state index is 0.255. The highest BCUT2D eigenvalue weighted by molar-refractivity contribution is 5.61. The molecule has 0 amide bonds. The summed E-state index contributed by atoms with van der Waals surface area (Å²) in [6, 6.07) is 6.98. The lowest BCUT2D eigenvalue weighted by molar-refractivity contribution is -0.115. The van der Waals surface area contributed by atoms with Gasteiger partial charge in [-0.1, -0.05) is 13.8 Å². The Labute approximate surface area is 96.7 Å². The molecule has 0 aliphatic carbocycles. The summed E-state index contributed by atoms with van der Waals surface area (Å²) in [4.78, 5) is 13.0. The first-order valence-electron chi connectivity index (χ1n) is 5.47. The van der Waals surface area contributed by atoms with Crippen molar-refractivity contribution in [3.8, 4) is 5.75 Å². The van der Waals surface area contributed by atoms with Crippen molar-refractivity contribution >= 4 is 12.0 Å². The van der Waals surface area contributed by atoms with Crippen LogP contribution < -0.4 is 4.90 Å². The second-order valence-corrected chi connectivity index (χ2v) is 4.50. The number of anilines is 1. The van der Waals surface area contributed by atoms with Crippen molar-refractivity contribution < 1.29 is 9.90 Å². The van der Waals surface area contributed by atoms with E-state index in [0.717, 1.165) is 18.4 Å². The van der Waals surface area contributed by atoms with Crippen LogP contribution in [0.25, 0.3) is 0 Å². The van der Waals surface area contributed by atoms with E-state index in [0.29, 0.717) is 6.54 Å². The van der Waals surface area contributed by atoms with E-state index < -0.39 is 0 Å². The normalized spacial score (nSPS) is 14.2. The molecule has 0 radical (unpaired) electrons. The number of phenolic OH excluding ortho intramolecular Hbond substituents is 1. The molecule has 0 aliphatic rings. The molecule has 0 aromatic heterocycles. The van der Waals surface area contributed by atoms with Crippen LogP contribution in [0.3, 0.4) is 0 Å². The molecule has 1 aromatic rings. The summed E-state index contributed by atoms with van der Waals surface area (Å²) in [7, 11) is 1.95. The summed E-state index contributed by atoms with van der Waals surface area (Å²) < 4.78 is 0. The molecule has 3 nitrogen and oxygen atoms in total. The van der Waals surface area contributed by atoms with Gasteiger partial charge in [-0.15, -0.1) is 0 Å². The van der Waals surface area contributed by atoms with Gasteiger partial charge in [0.2, 0.25) is 0 Å². The number of aldehydes is 1. The Balaban J connectivity index is 2.75. The first kappa shape index (κ1) is 12.6. The molecule has 0 saturated heterocycles. The van der Waals surface area contributed by atoms with Crippen LogP contribution in [0.5, 0.6) is 5.75 Å². The zero-order valence-electron chi connectivity index (χ0n) is 10.1. The number of carbonyl (C=O) groups excluding carboxylic acids is 1. The van der Waals surface area contributed by atoms with E-state index >= 15 is 0 Å². The number of hydrogen-bond donors (Lipinski definition) is 1. The van der Waals surface area contributed by atoms with Crippen molar-refractivity contribution in [2.24, 2.45) is 5.41 Å². The number of aromatic hydroxyl groups is 1. The maximum absolute atomic E-state index is 11.0. The van der Waals surface area contributed by atoms with Crippen LogP contribution in [0, 0.1) is 5.41 Å². The molecule has 88 valence electrons. The fraction of sp³-hybridized carbons (Fsp3) is 0.462. The zero-order chi connectivity index (χ0) is 12.2. The van der Waals surface area contributed by atoms with Gasteiger partial charge in [0, 0.05) is 24.7 Å². The van der Waals surface area contributed by atoms with Gasteiger partial charge in [0.05, 0.1) is 0 Å². The van der Waals surface area contributed by atoms with Crippen molar-refractivity contribution in [2.75, 3.05) is 18.5 Å². The van der Waals surface area contributed by atoms with E-state index in [2.05, 4.69) is 0 Å². The summed E-state index contributed by atoms with van der Waals surface area (Å²) >= 11 is 0. The van der Waals surface area contributed by atoms with Crippen LogP contribution in [0.15, 0.2) is 24.3 Å². The number of hydrogen-bond acceptors (Lipinski definition) is 3. The average molecular weight is 221 g/mol. The van der Waals surface area contributed by atoms with Gasteiger partial charge in [0.25, 0.3) is 0 Å². The SMILES string of the molecule is CCC(C)(C=O)CN(C)c1ccc(O)cc1. The number of rotatable bonds is 5. The predicted octanol–water partition coefficient (Wildman–Crippen LogP) is 2.44. The minimum atomic E-state index is -0.313. The van der Waals surface area contributed by atoms with Crippen LogP contribution in [-0.4, -0.2) is 25.0 Å². The number of benzene rings is 1. The van der Waals surface area contributed by atoms with E-state index in [1.807, 2.05) is 37.9 Å². The Morgan fingerprint density at radius 2 is 1.94 bits per heavy atom. The fourth-order valence-electron chi connectivity index (χ4n) is 1.57. The van der Waals surface area contributed by atoms with Gasteiger partial charge in [-0.3, -0.25) is 0 Å². The van der Waals surface area contributed by atoms with E-state index in [1.54, 1.807) is 12.1 Å². The Bertz CT molecular complexity index is 347. The molecule has 0 saturated carbocycles. The number of phenols is 1. The van der Waals surface area contributed by atoms with E-state index in [4.69, 9.17) is 0 Å². The molecule has 1 atom stereocenters. The molecule has 1 aromatic carbocycles. The number of carbonyl (C=O) groups is 1. The van der Waals surface area contributed by atoms with Crippen molar-refractivity contribution in [2.45, 2.75) is 20.3 Å². The van der Waals surface area contributed by atoms with Gasteiger partial charge >= 0.3 is 0 Å². The molecule has 3 heteroatoms. The molecule has 1 N–H and O–H groups in total. The maximum atomic E-state index is 11.0. The van der Waals surface area contributed by atoms with Crippen LogP contribution in [0.2, 0.25) is 0 Å². The van der Waals surface area contributed by atoms with Crippen molar-refractivity contribution in [1.29, 1.82) is 0 Å². The Hall–Kier alpha value is -1.51. The van der Waals surface area contributed by atoms with Crippen LogP contribution in [-0.2, 0) is 4.79 Å². The monoisotopic (exact) mass is 221 g/mol. The van der Waals surface area contributed by atoms with Crippen LogP contribution in [0.4, 0.5) is 5.69 Å². The van der Waals surface area contributed by atoms with Gasteiger partial charge in [0.1, 0.15) is 12.0 Å². The van der Waals surface area contributed by atoms with Gasteiger partial charge in [0.15, 0.2) is 0 Å². The summed E-state index contributed by atoms with van der Waals surface area (Å²) in [5.41, 5.74) is 0.687. The molecule has 1 rings (SSSR count). The quantitative estimate of drug-likeness (QED) is 0.776. The third-order valence-electron chi connectivity index (χ3n) is 2.98. The van der Waals surface area contributed by atoms with Gasteiger partial charge in [-0.05, 0) is 30.7 Å². The summed E-state index contributed by atoms with van der Waals surface area (Å²) in [6.07, 6.45) is 1.84. The molecule has 0 bridgehead atoms. The summed E-state index contributed by atoms with van der Waals surface area (Å²) in [5.74, 6) is 0.255. The van der Waals surface area contributed by atoms with Crippen molar-refractivity contribution in [1.82, 2.24) is 0 Å². The highest BCUT2D eigenvalue weighted by Gasteiger charge is 2.23. The van der Waals surface area contributed by atoms with Crippen LogP contribution in [0.1, 0.15) is 20.3 Å². The Kier molecular flexibility index (Phi) is 3.93. The van der Waals surface area contributed by atoms with Crippen LogP contribution >= 0.6 is 0 Å². The predicted molar refractivity (Wildman–Crippen MR) is 65.8 cm³/mol. The van der Waals surface area contributed by atoms with Gasteiger partial charge in [-0.25, -0.2) is 0 Å². The molecule has 16 heavy (non-hydrogen) atoms. The van der Waals surface area contributed by atoms with Crippen molar-refractivity contribution in [3.05, 3.63) is 24.3 Å². The first-order valence-corrected chi connectivity index (χ1v) is 5.47. The fourth-order valence-corrected chi connectivity index (χ4v) is 1.57. The lowest BCUT2D eigenvalue weighted by atomic mass is 9.89. The first-order chi connectivity index (χ1) is 7.50. The van der Waals surface area contributed by atoms with E-state index in [-0.39, 0.29) is 11.2 Å². The lowest BCUT2D eigenvalue weighted by Gasteiger charge is -2.29. The maximum Gasteiger partial charge on any atom is 0.127 e. The highest BCUT2D eigenvalue weighted by atomic mass is 16.3. The van der Waals surface area contributed by atoms with Gasteiger partial charge in [-0.2, -0.15) is 0 Å². The highest BCUT2D eigenvalue weighted by Crippen LogP contribution is 2.23. The minimum Gasteiger partial charge on any atom is -0.508 e. The summed E-state index contributed by atoms with van der Waals surface area (Å²) in [6.45, 7) is 4.65. The van der Waals surface area contributed by atoms with E-state index in [1.165, 1.54) is 0 Å². The molecule has 0 heterocycles. The summed E-state index contributed by atoms with van der Waals surface area (Å²) in [5, 5.41) is 9.19. The molecule has 0 spiro atoms. The second-order valence-electron chi connectivity index (χ2n) is 4.50. The largest absolute Gasteiger partial charge is 0.508 e. The standard InChI is InChI=1S/C13H19NO2/c1-4-13(2,10-15)9-14(3)11-5-7-12(16)8-6-11/h5-8,10,16H,4,9H2,1-3H3. The molecular formula is C13H19NO2. The number of nitrogens with zero attached hydrogens (tertiary/aromatic N) is 1. The van der Waals surface area contributed by atoms with E-state index in [9.17, 15) is 9.90 Å². The topological polar surface area (TPSA) is 40.5 Å². The molecular weight excluding hydrogens is 202 g/mol. The van der Waals surface area contributed by atoms with Crippen molar-refractivity contribution in [3.63, 3.8) is 0 Å².